The van der Waals surface area contributed by atoms with E-state index in [1.54, 1.807) is 6.92 Å². The maximum Gasteiger partial charge on any atom is 0.266 e. The second-order valence-corrected chi connectivity index (χ2v) is 12.3. The smallest absolute Gasteiger partial charge is 0.266 e. The summed E-state index contributed by atoms with van der Waals surface area (Å²) in [6.07, 6.45) is 6.02. The van der Waals surface area contributed by atoms with Gasteiger partial charge >= 0.3 is 0 Å². The summed E-state index contributed by atoms with van der Waals surface area (Å²) in [4.78, 5) is 28.8. The lowest BCUT2D eigenvalue weighted by atomic mass is 9.89. The highest BCUT2D eigenvalue weighted by atomic mass is 35.5. The van der Waals surface area contributed by atoms with Crippen LogP contribution in [0.4, 0.5) is 0 Å². The average Bonchev–Trinajstić information content (AvgIpc) is 3.33. The van der Waals surface area contributed by atoms with Crippen molar-refractivity contribution in [2.45, 2.75) is 71.0 Å². The second-order valence-electron chi connectivity index (χ2n) is 10.8. The van der Waals surface area contributed by atoms with E-state index in [0.717, 1.165) is 59.7 Å². The molecule has 1 saturated carbocycles. The molecule has 0 atom stereocenters. The molecule has 0 unspecified atom stereocenters. The lowest BCUT2D eigenvalue weighted by Gasteiger charge is -2.37. The minimum atomic E-state index is 0.0257. The van der Waals surface area contributed by atoms with Crippen LogP contribution in [0, 0.1) is 0 Å². The summed E-state index contributed by atoms with van der Waals surface area (Å²) in [6, 6.07) is 23.0. The maximum absolute atomic E-state index is 14.3. The van der Waals surface area contributed by atoms with Gasteiger partial charge in [-0.1, -0.05) is 79.5 Å². The van der Waals surface area contributed by atoms with E-state index in [1.807, 2.05) is 55.6 Å². The Bertz CT molecular complexity index is 1500. The molecular formula is C34H37ClN2O2S. The van der Waals surface area contributed by atoms with E-state index in [9.17, 15) is 9.59 Å². The fourth-order valence-electron chi connectivity index (χ4n) is 5.87. The number of fused-ring (bicyclic) bond motifs is 1. The van der Waals surface area contributed by atoms with Crippen LogP contribution in [0.2, 0.25) is 5.02 Å². The molecule has 0 radical (unpaired) electrons. The zero-order chi connectivity index (χ0) is 28.2. The molecule has 0 aliphatic heterocycles. The van der Waals surface area contributed by atoms with Crippen molar-refractivity contribution in [2.24, 2.45) is 0 Å². The molecule has 1 aromatic heterocycles. The number of ketones is 1. The van der Waals surface area contributed by atoms with Crippen molar-refractivity contribution in [2.75, 3.05) is 7.05 Å². The maximum atomic E-state index is 14.3. The fraction of sp³-hybridized carbons (Fsp3) is 0.353. The molecule has 1 fully saturated rings. The summed E-state index contributed by atoms with van der Waals surface area (Å²) in [5, 5.41) is 4.93. The van der Waals surface area contributed by atoms with Crippen molar-refractivity contribution >= 4 is 44.7 Å². The quantitative estimate of drug-likeness (QED) is 0.204. The summed E-state index contributed by atoms with van der Waals surface area (Å²) >= 11 is 8.33. The lowest BCUT2D eigenvalue weighted by Crippen LogP contribution is -2.44. The second kappa shape index (κ2) is 12.7. The third-order valence-corrected chi connectivity index (χ3v) is 9.89. The van der Waals surface area contributed by atoms with Gasteiger partial charge in [-0.3, -0.25) is 9.59 Å². The Balaban J connectivity index is 1.53. The molecule has 208 valence electrons. The summed E-state index contributed by atoms with van der Waals surface area (Å²) in [7, 11) is 2.02. The summed E-state index contributed by atoms with van der Waals surface area (Å²) in [5.74, 6) is 0.0883. The van der Waals surface area contributed by atoms with Crippen LogP contribution in [0.3, 0.4) is 0 Å². The van der Waals surface area contributed by atoms with Crippen molar-refractivity contribution in [1.29, 1.82) is 0 Å². The molecule has 1 aliphatic carbocycles. The molecule has 1 heterocycles. The van der Waals surface area contributed by atoms with E-state index in [-0.39, 0.29) is 17.7 Å². The number of nitrogens with one attached hydrogen (secondary N) is 1. The minimum Gasteiger partial charge on any atom is -0.331 e. The fourth-order valence-corrected chi connectivity index (χ4v) is 7.34. The van der Waals surface area contributed by atoms with Crippen LogP contribution in [-0.4, -0.2) is 35.7 Å². The molecule has 1 N–H and O–H groups in total. The highest BCUT2D eigenvalue weighted by Crippen LogP contribution is 2.38. The monoisotopic (exact) mass is 572 g/mol. The van der Waals surface area contributed by atoms with Crippen LogP contribution in [0.1, 0.15) is 77.1 Å². The number of Topliss-reactive ketones (excluding diaryl/α,β-unsaturated/α-hetero) is 1. The minimum absolute atomic E-state index is 0.0257. The molecule has 4 aromatic rings. The van der Waals surface area contributed by atoms with Crippen molar-refractivity contribution in [3.63, 3.8) is 0 Å². The molecule has 6 heteroatoms. The van der Waals surface area contributed by atoms with Gasteiger partial charge in [0.2, 0.25) is 0 Å². The van der Waals surface area contributed by atoms with E-state index in [4.69, 9.17) is 11.6 Å². The Morgan fingerprint density at radius 1 is 0.950 bits per heavy atom. The van der Waals surface area contributed by atoms with Gasteiger partial charge < -0.3 is 10.2 Å². The van der Waals surface area contributed by atoms with E-state index >= 15 is 0 Å². The van der Waals surface area contributed by atoms with E-state index in [1.165, 1.54) is 22.5 Å². The summed E-state index contributed by atoms with van der Waals surface area (Å²) in [6.45, 7) is 4.33. The highest BCUT2D eigenvalue weighted by molar-refractivity contribution is 7.21. The molecular weight excluding hydrogens is 536 g/mol. The van der Waals surface area contributed by atoms with E-state index in [0.29, 0.717) is 28.0 Å². The first-order valence-corrected chi connectivity index (χ1v) is 15.5. The number of thiophene rings is 1. The number of hydrogen-bond donors (Lipinski definition) is 1. The van der Waals surface area contributed by atoms with Crippen molar-refractivity contribution < 1.29 is 9.59 Å². The SMILES string of the molecule is CCCc1ccc(-c2ccc(C(C)=O)cc2)cc1CN(C(=O)c1sc2ccccc2c1Cl)C1CCC(NC)CC1. The van der Waals surface area contributed by atoms with Crippen LogP contribution in [0.15, 0.2) is 66.7 Å². The number of rotatable bonds is 9. The van der Waals surface area contributed by atoms with Crippen LogP contribution in [0.5, 0.6) is 0 Å². The van der Waals surface area contributed by atoms with Crippen molar-refractivity contribution in [3.8, 4) is 11.1 Å². The number of carbonyl (C=O) groups excluding carboxylic acids is 2. The first-order valence-electron chi connectivity index (χ1n) is 14.3. The Hall–Kier alpha value is -2.99. The number of hydrogen-bond acceptors (Lipinski definition) is 4. The van der Waals surface area contributed by atoms with Gasteiger partial charge in [-0.2, -0.15) is 0 Å². The molecule has 5 rings (SSSR count). The van der Waals surface area contributed by atoms with Crippen LogP contribution in [0.25, 0.3) is 21.2 Å². The van der Waals surface area contributed by atoms with Gasteiger partial charge in [0.05, 0.1) is 5.02 Å². The lowest BCUT2D eigenvalue weighted by molar-refractivity contribution is 0.0605. The molecule has 1 amide bonds. The Labute approximate surface area is 246 Å². The zero-order valence-electron chi connectivity index (χ0n) is 23.5. The molecule has 0 spiro atoms. The van der Waals surface area contributed by atoms with Gasteiger partial charge in [0.15, 0.2) is 5.78 Å². The van der Waals surface area contributed by atoms with Crippen molar-refractivity contribution in [1.82, 2.24) is 10.2 Å². The van der Waals surface area contributed by atoms with Crippen molar-refractivity contribution in [3.05, 3.63) is 93.3 Å². The summed E-state index contributed by atoms with van der Waals surface area (Å²) < 4.78 is 1.04. The number of halogens is 1. The average molecular weight is 573 g/mol. The first-order chi connectivity index (χ1) is 19.4. The third kappa shape index (κ3) is 6.02. The highest BCUT2D eigenvalue weighted by Gasteiger charge is 2.32. The number of nitrogens with zero attached hydrogens (tertiary/aromatic N) is 1. The van der Waals surface area contributed by atoms with Crippen LogP contribution in [-0.2, 0) is 13.0 Å². The van der Waals surface area contributed by atoms with Gasteiger partial charge in [-0.15, -0.1) is 11.3 Å². The Morgan fingerprint density at radius 2 is 1.65 bits per heavy atom. The number of benzene rings is 3. The molecule has 3 aromatic carbocycles. The predicted octanol–water partition coefficient (Wildman–Crippen LogP) is 8.55. The Morgan fingerprint density at radius 3 is 2.30 bits per heavy atom. The van der Waals surface area contributed by atoms with Gasteiger partial charge in [-0.25, -0.2) is 0 Å². The van der Waals surface area contributed by atoms with E-state index < -0.39 is 0 Å². The standard InChI is InChI=1S/C34H37ClN2O2S/c1-4-7-24-14-15-26(25-12-10-23(11-13-25)22(2)38)20-27(24)21-37(29-18-16-28(36-3)17-19-29)34(39)33-32(35)30-8-5-6-9-31(30)40-33/h5-6,8-15,20,28-29,36H,4,7,16-19,21H2,1-3H3. The normalized spacial score (nSPS) is 17.2. The number of amides is 1. The van der Waals surface area contributed by atoms with Gasteiger partial charge in [-0.05, 0) is 80.5 Å². The van der Waals surface area contributed by atoms with Gasteiger partial charge in [0, 0.05) is 34.3 Å². The molecule has 0 saturated heterocycles. The van der Waals surface area contributed by atoms with Crippen LogP contribution >= 0.6 is 22.9 Å². The number of carbonyl (C=O) groups is 2. The van der Waals surface area contributed by atoms with Crippen LogP contribution < -0.4 is 5.32 Å². The molecule has 4 nitrogen and oxygen atoms in total. The van der Waals surface area contributed by atoms with Gasteiger partial charge in [0.1, 0.15) is 4.88 Å². The predicted molar refractivity (Wildman–Crippen MR) is 168 cm³/mol. The largest absolute Gasteiger partial charge is 0.331 e. The van der Waals surface area contributed by atoms with E-state index in [2.05, 4.69) is 35.3 Å². The topological polar surface area (TPSA) is 49.4 Å². The first kappa shape index (κ1) is 28.5. The van der Waals surface area contributed by atoms with Gasteiger partial charge in [0.25, 0.3) is 5.91 Å². The molecule has 0 bridgehead atoms. The Kier molecular flexibility index (Phi) is 9.04. The summed E-state index contributed by atoms with van der Waals surface area (Å²) in [5.41, 5.74) is 5.32. The molecule has 40 heavy (non-hydrogen) atoms. The number of aryl methyl sites for hydroxylation is 1. The zero-order valence-corrected chi connectivity index (χ0v) is 25.1. The molecule has 1 aliphatic rings. The third-order valence-electron chi connectivity index (χ3n) is 8.23.